The summed E-state index contributed by atoms with van der Waals surface area (Å²) in [4.78, 5) is 31.8. The topological polar surface area (TPSA) is 88.3 Å². The van der Waals surface area contributed by atoms with Gasteiger partial charge >= 0.3 is 5.97 Å². The number of carboxylic acid groups (broad SMARTS) is 1. The number of likely N-dealkylation sites (tertiary alicyclic amines) is 1. The predicted octanol–water partition coefficient (Wildman–Crippen LogP) is 3.57. The van der Waals surface area contributed by atoms with Gasteiger partial charge in [-0.2, -0.15) is 5.10 Å². The molecule has 1 aliphatic heterocycles. The molecule has 1 N–H and O–H groups in total. The average molecular weight is 384 g/mol. The van der Waals surface area contributed by atoms with Gasteiger partial charge in [0.05, 0.1) is 23.2 Å². The fourth-order valence-electron chi connectivity index (χ4n) is 4.93. The van der Waals surface area contributed by atoms with Gasteiger partial charge in [-0.3, -0.25) is 4.79 Å². The minimum atomic E-state index is -0.903. The average Bonchev–Trinajstić information content (AvgIpc) is 3.27. The maximum Gasteiger partial charge on any atom is 0.326 e. The largest absolute Gasteiger partial charge is 0.480 e. The van der Waals surface area contributed by atoms with Crippen molar-refractivity contribution in [3.05, 3.63) is 23.5 Å². The van der Waals surface area contributed by atoms with Crippen molar-refractivity contribution in [3.63, 3.8) is 0 Å². The Morgan fingerprint density at radius 1 is 1.32 bits per heavy atom. The molecule has 28 heavy (non-hydrogen) atoms. The first-order valence-electron chi connectivity index (χ1n) is 10.3. The van der Waals surface area contributed by atoms with E-state index in [4.69, 9.17) is 0 Å². The van der Waals surface area contributed by atoms with Gasteiger partial charge in [0.15, 0.2) is 5.65 Å². The number of nitrogens with zero attached hydrogens (tertiary/aromatic N) is 4. The molecule has 4 atom stereocenters. The number of aromatic nitrogens is 3. The van der Waals surface area contributed by atoms with Crippen molar-refractivity contribution in [2.45, 2.75) is 77.4 Å². The normalized spacial score (nSPS) is 25.7. The van der Waals surface area contributed by atoms with Gasteiger partial charge in [0.2, 0.25) is 0 Å². The Kier molecular flexibility index (Phi) is 4.85. The minimum absolute atomic E-state index is 0.0236. The number of aliphatic carboxylic acids is 1. The molecule has 4 rings (SSSR count). The van der Waals surface area contributed by atoms with Crippen molar-refractivity contribution in [2.75, 3.05) is 0 Å². The number of rotatable bonds is 4. The van der Waals surface area contributed by atoms with Crippen LogP contribution in [0.2, 0.25) is 0 Å². The summed E-state index contributed by atoms with van der Waals surface area (Å²) in [6.07, 6.45) is 7.24. The summed E-state index contributed by atoms with van der Waals surface area (Å²) in [5, 5.41) is 15.0. The molecule has 2 aliphatic rings. The van der Waals surface area contributed by atoms with E-state index in [2.05, 4.69) is 23.9 Å². The van der Waals surface area contributed by atoms with Crippen molar-refractivity contribution in [2.24, 2.45) is 5.92 Å². The molecule has 0 radical (unpaired) electrons. The number of hydrogen-bond donors (Lipinski definition) is 1. The Morgan fingerprint density at radius 3 is 2.79 bits per heavy atom. The summed E-state index contributed by atoms with van der Waals surface area (Å²) in [5.41, 5.74) is 1.96. The van der Waals surface area contributed by atoms with Crippen molar-refractivity contribution >= 4 is 22.9 Å². The highest BCUT2D eigenvalue weighted by Crippen LogP contribution is 2.41. The standard InChI is InChI=1S/C21H28N4O3/c1-4-13(3)25-19-16(11-22-25)15(9-12(2)23-19)20(26)24-17-8-6-5-7-14(17)10-18(24)21(27)28/h9,11,13-14,17-18H,4-8,10H2,1-3H3,(H,27,28). The number of pyridine rings is 1. The number of carbonyl (C=O) groups is 2. The van der Waals surface area contributed by atoms with Crippen molar-refractivity contribution in [1.82, 2.24) is 19.7 Å². The lowest BCUT2D eigenvalue weighted by Crippen LogP contribution is -2.46. The second kappa shape index (κ2) is 7.18. The lowest BCUT2D eigenvalue weighted by Gasteiger charge is -2.33. The zero-order chi connectivity index (χ0) is 20.0. The van der Waals surface area contributed by atoms with Crippen LogP contribution in [0.15, 0.2) is 12.3 Å². The van der Waals surface area contributed by atoms with E-state index in [9.17, 15) is 14.7 Å². The Morgan fingerprint density at radius 2 is 2.07 bits per heavy atom. The van der Waals surface area contributed by atoms with Gasteiger partial charge < -0.3 is 10.0 Å². The van der Waals surface area contributed by atoms with E-state index in [1.54, 1.807) is 17.2 Å². The summed E-state index contributed by atoms with van der Waals surface area (Å²) in [6, 6.07) is 1.24. The zero-order valence-corrected chi connectivity index (χ0v) is 16.8. The van der Waals surface area contributed by atoms with Crippen LogP contribution in [-0.4, -0.2) is 48.7 Å². The highest BCUT2D eigenvalue weighted by molar-refractivity contribution is 6.07. The second-order valence-corrected chi connectivity index (χ2v) is 8.31. The van der Waals surface area contributed by atoms with Crippen LogP contribution in [-0.2, 0) is 4.79 Å². The van der Waals surface area contributed by atoms with Crippen LogP contribution < -0.4 is 0 Å². The van der Waals surface area contributed by atoms with E-state index in [1.807, 2.05) is 11.6 Å². The molecule has 150 valence electrons. The quantitative estimate of drug-likeness (QED) is 0.870. The van der Waals surface area contributed by atoms with Gasteiger partial charge in [0.25, 0.3) is 5.91 Å². The van der Waals surface area contributed by atoms with Crippen LogP contribution in [0.25, 0.3) is 11.0 Å². The number of aryl methyl sites for hydroxylation is 1. The SMILES string of the molecule is CCC(C)n1ncc2c(C(=O)N3C(C(=O)O)CC4CCCCC43)cc(C)nc21. The Balaban J connectivity index is 1.79. The highest BCUT2D eigenvalue weighted by atomic mass is 16.4. The molecular formula is C21H28N4O3. The molecule has 0 bridgehead atoms. The number of hydrogen-bond acceptors (Lipinski definition) is 4. The maximum absolute atomic E-state index is 13.6. The Labute approximate surface area is 164 Å². The van der Waals surface area contributed by atoms with Gasteiger partial charge in [-0.05, 0) is 51.5 Å². The van der Waals surface area contributed by atoms with Gasteiger partial charge in [0, 0.05) is 11.7 Å². The summed E-state index contributed by atoms with van der Waals surface area (Å²) < 4.78 is 1.86. The van der Waals surface area contributed by atoms with E-state index >= 15 is 0 Å². The van der Waals surface area contributed by atoms with Gasteiger partial charge in [0.1, 0.15) is 6.04 Å². The molecule has 1 aliphatic carbocycles. The van der Waals surface area contributed by atoms with Crippen molar-refractivity contribution in [1.29, 1.82) is 0 Å². The van der Waals surface area contributed by atoms with E-state index in [1.165, 1.54) is 0 Å². The molecule has 1 saturated heterocycles. The lowest BCUT2D eigenvalue weighted by molar-refractivity contribution is -0.141. The third-order valence-corrected chi connectivity index (χ3v) is 6.54. The zero-order valence-electron chi connectivity index (χ0n) is 16.8. The smallest absolute Gasteiger partial charge is 0.326 e. The Hall–Kier alpha value is -2.44. The van der Waals surface area contributed by atoms with Crippen LogP contribution in [0.5, 0.6) is 0 Å². The second-order valence-electron chi connectivity index (χ2n) is 8.31. The van der Waals surface area contributed by atoms with E-state index in [0.29, 0.717) is 28.9 Å². The summed E-state index contributed by atoms with van der Waals surface area (Å²) in [7, 11) is 0. The number of fused-ring (bicyclic) bond motifs is 2. The van der Waals surface area contributed by atoms with Crippen LogP contribution in [0.3, 0.4) is 0 Å². The van der Waals surface area contributed by atoms with E-state index in [-0.39, 0.29) is 18.0 Å². The van der Waals surface area contributed by atoms with Crippen LogP contribution in [0.4, 0.5) is 0 Å². The van der Waals surface area contributed by atoms with Gasteiger partial charge in [-0.25, -0.2) is 14.5 Å². The third-order valence-electron chi connectivity index (χ3n) is 6.54. The maximum atomic E-state index is 13.6. The summed E-state index contributed by atoms with van der Waals surface area (Å²) in [5.74, 6) is -0.805. The molecule has 1 saturated carbocycles. The molecule has 2 fully saturated rings. The van der Waals surface area contributed by atoms with Crippen molar-refractivity contribution < 1.29 is 14.7 Å². The molecule has 7 heteroatoms. The molecule has 7 nitrogen and oxygen atoms in total. The molecule has 1 amide bonds. The minimum Gasteiger partial charge on any atom is -0.480 e. The monoisotopic (exact) mass is 384 g/mol. The first-order valence-corrected chi connectivity index (χ1v) is 10.3. The molecule has 0 aromatic carbocycles. The fraction of sp³-hybridized carbons (Fsp3) is 0.619. The van der Waals surface area contributed by atoms with Gasteiger partial charge in [-0.15, -0.1) is 0 Å². The predicted molar refractivity (Wildman–Crippen MR) is 105 cm³/mol. The molecule has 4 unspecified atom stereocenters. The molecule has 2 aromatic heterocycles. The summed E-state index contributed by atoms with van der Waals surface area (Å²) in [6.45, 7) is 6.03. The van der Waals surface area contributed by atoms with Crippen LogP contribution in [0, 0.1) is 12.8 Å². The molecular weight excluding hydrogens is 356 g/mol. The van der Waals surface area contributed by atoms with Crippen LogP contribution >= 0.6 is 0 Å². The summed E-state index contributed by atoms with van der Waals surface area (Å²) >= 11 is 0. The molecule has 0 spiro atoms. The van der Waals surface area contributed by atoms with Crippen LogP contribution in [0.1, 0.15) is 74.5 Å². The first-order chi connectivity index (χ1) is 13.4. The lowest BCUT2D eigenvalue weighted by atomic mass is 9.84. The fourth-order valence-corrected chi connectivity index (χ4v) is 4.93. The Bertz CT molecular complexity index is 922. The number of amides is 1. The molecule has 3 heterocycles. The third kappa shape index (κ3) is 2.97. The van der Waals surface area contributed by atoms with E-state index in [0.717, 1.165) is 37.8 Å². The highest BCUT2D eigenvalue weighted by Gasteiger charge is 2.48. The van der Waals surface area contributed by atoms with E-state index < -0.39 is 12.0 Å². The number of carboxylic acids is 1. The molecule has 2 aromatic rings. The first kappa shape index (κ1) is 18.9. The van der Waals surface area contributed by atoms with Crippen molar-refractivity contribution in [3.8, 4) is 0 Å². The van der Waals surface area contributed by atoms with Gasteiger partial charge in [-0.1, -0.05) is 19.8 Å². The number of carbonyl (C=O) groups excluding carboxylic acids is 1.